The number of carboxylic acids is 2. The average Bonchev–Trinajstić information content (AvgIpc) is 2.68. The number of aromatic nitrogens is 2. The smallest absolute Gasteiger partial charge is 0.321 e. The van der Waals surface area contributed by atoms with Gasteiger partial charge in [0.15, 0.2) is 0 Å². The first kappa shape index (κ1) is 12.2. The number of carbonyl (C=O) groups is 2. The minimum Gasteiger partial charge on any atom is -0.480 e. The molecule has 0 spiro atoms. The van der Waals surface area contributed by atoms with Gasteiger partial charge < -0.3 is 15.2 Å². The topological polar surface area (TPSA) is 115 Å². The molecular formula is C9H13N3O4. The maximum Gasteiger partial charge on any atom is 0.321 e. The van der Waals surface area contributed by atoms with Gasteiger partial charge in [0.2, 0.25) is 0 Å². The summed E-state index contributed by atoms with van der Waals surface area (Å²) in [5.74, 6) is -2.19. The summed E-state index contributed by atoms with van der Waals surface area (Å²) in [5.41, 5.74) is 0.567. The van der Waals surface area contributed by atoms with E-state index in [1.54, 1.807) is 6.20 Å². The van der Waals surface area contributed by atoms with Crippen LogP contribution >= 0.6 is 0 Å². The number of aromatic amines is 1. The van der Waals surface area contributed by atoms with E-state index >= 15 is 0 Å². The highest BCUT2D eigenvalue weighted by atomic mass is 16.4. The van der Waals surface area contributed by atoms with Gasteiger partial charge in [0.05, 0.1) is 12.0 Å². The first-order chi connectivity index (χ1) is 7.50. The van der Waals surface area contributed by atoms with Gasteiger partial charge in [-0.1, -0.05) is 0 Å². The highest BCUT2D eigenvalue weighted by Gasteiger charge is 2.23. The van der Waals surface area contributed by atoms with E-state index in [0.717, 1.165) is 0 Å². The number of aliphatic carboxylic acids is 2. The normalized spacial score (nSPS) is 14.3. The van der Waals surface area contributed by atoms with Crippen LogP contribution in [0.25, 0.3) is 0 Å². The molecule has 4 N–H and O–H groups in total. The van der Waals surface area contributed by atoms with Crippen molar-refractivity contribution < 1.29 is 19.8 Å². The molecule has 2 atom stereocenters. The van der Waals surface area contributed by atoms with Crippen LogP contribution in [0, 0.1) is 0 Å². The summed E-state index contributed by atoms with van der Waals surface area (Å²) in [6.07, 6.45) is 3.15. The SMILES string of the molecule is CC(N[C@H](Cc1c[nH]cn1)C(=O)O)C(=O)O. The van der Waals surface area contributed by atoms with E-state index < -0.39 is 24.0 Å². The molecule has 1 aromatic heterocycles. The second kappa shape index (κ2) is 5.26. The van der Waals surface area contributed by atoms with Crippen molar-refractivity contribution in [3.63, 3.8) is 0 Å². The summed E-state index contributed by atoms with van der Waals surface area (Å²) in [6, 6.07) is -1.88. The van der Waals surface area contributed by atoms with Crippen LogP contribution in [-0.2, 0) is 16.0 Å². The lowest BCUT2D eigenvalue weighted by molar-refractivity contribution is -0.142. The van der Waals surface area contributed by atoms with E-state index in [0.29, 0.717) is 5.69 Å². The summed E-state index contributed by atoms with van der Waals surface area (Å²) in [7, 11) is 0. The molecule has 0 fully saturated rings. The Labute approximate surface area is 91.5 Å². The van der Waals surface area contributed by atoms with E-state index in [2.05, 4.69) is 15.3 Å². The van der Waals surface area contributed by atoms with Crippen molar-refractivity contribution in [2.75, 3.05) is 0 Å². The van der Waals surface area contributed by atoms with Crippen LogP contribution in [0.2, 0.25) is 0 Å². The summed E-state index contributed by atoms with van der Waals surface area (Å²) in [4.78, 5) is 28.1. The Hall–Kier alpha value is -1.89. The molecule has 1 unspecified atom stereocenters. The Morgan fingerprint density at radius 1 is 1.50 bits per heavy atom. The van der Waals surface area contributed by atoms with Crippen LogP contribution in [0.3, 0.4) is 0 Å². The van der Waals surface area contributed by atoms with Gasteiger partial charge in [-0.15, -0.1) is 0 Å². The number of hydrogen-bond donors (Lipinski definition) is 4. The van der Waals surface area contributed by atoms with Crippen LogP contribution < -0.4 is 5.32 Å². The molecular weight excluding hydrogens is 214 g/mol. The molecule has 0 aliphatic heterocycles. The molecule has 1 heterocycles. The number of H-pyrrole nitrogens is 1. The van der Waals surface area contributed by atoms with Gasteiger partial charge in [-0.25, -0.2) is 4.98 Å². The predicted octanol–water partition coefficient (Wildman–Crippen LogP) is -0.532. The van der Waals surface area contributed by atoms with Crippen molar-refractivity contribution in [3.05, 3.63) is 18.2 Å². The van der Waals surface area contributed by atoms with Crippen molar-refractivity contribution in [3.8, 4) is 0 Å². The molecule has 0 saturated carbocycles. The Morgan fingerprint density at radius 2 is 2.19 bits per heavy atom. The van der Waals surface area contributed by atoms with Crippen LogP contribution in [0.15, 0.2) is 12.5 Å². The van der Waals surface area contributed by atoms with Crippen molar-refractivity contribution in [1.82, 2.24) is 15.3 Å². The minimum absolute atomic E-state index is 0.135. The lowest BCUT2D eigenvalue weighted by Gasteiger charge is -2.16. The Kier molecular flexibility index (Phi) is 4.01. The van der Waals surface area contributed by atoms with E-state index in [4.69, 9.17) is 10.2 Å². The van der Waals surface area contributed by atoms with Crippen molar-refractivity contribution >= 4 is 11.9 Å². The second-order valence-corrected chi connectivity index (χ2v) is 3.38. The Morgan fingerprint density at radius 3 is 2.62 bits per heavy atom. The highest BCUT2D eigenvalue weighted by molar-refractivity contribution is 5.77. The van der Waals surface area contributed by atoms with Gasteiger partial charge in [0.1, 0.15) is 12.1 Å². The largest absolute Gasteiger partial charge is 0.480 e. The quantitative estimate of drug-likeness (QED) is 0.519. The molecule has 7 nitrogen and oxygen atoms in total. The van der Waals surface area contributed by atoms with Gasteiger partial charge in [0.25, 0.3) is 0 Å². The van der Waals surface area contributed by atoms with Gasteiger partial charge in [-0.05, 0) is 6.92 Å². The number of rotatable bonds is 6. The third-order valence-electron chi connectivity index (χ3n) is 2.09. The molecule has 1 rings (SSSR count). The van der Waals surface area contributed by atoms with E-state index in [9.17, 15) is 9.59 Å². The highest BCUT2D eigenvalue weighted by Crippen LogP contribution is 2.00. The first-order valence-electron chi connectivity index (χ1n) is 4.70. The predicted molar refractivity (Wildman–Crippen MR) is 53.9 cm³/mol. The molecule has 0 radical (unpaired) electrons. The fourth-order valence-corrected chi connectivity index (χ4v) is 1.20. The fourth-order valence-electron chi connectivity index (χ4n) is 1.20. The van der Waals surface area contributed by atoms with Crippen LogP contribution in [0.1, 0.15) is 12.6 Å². The number of imidazole rings is 1. The molecule has 0 amide bonds. The van der Waals surface area contributed by atoms with Crippen LogP contribution in [0.4, 0.5) is 0 Å². The first-order valence-corrected chi connectivity index (χ1v) is 4.70. The average molecular weight is 227 g/mol. The molecule has 1 aromatic rings. The van der Waals surface area contributed by atoms with Crippen molar-refractivity contribution in [1.29, 1.82) is 0 Å². The molecule has 16 heavy (non-hydrogen) atoms. The van der Waals surface area contributed by atoms with Gasteiger partial charge in [-0.3, -0.25) is 14.9 Å². The van der Waals surface area contributed by atoms with E-state index in [1.807, 2.05) is 0 Å². The molecule has 88 valence electrons. The Balaban J connectivity index is 2.61. The van der Waals surface area contributed by atoms with Gasteiger partial charge in [-0.2, -0.15) is 0 Å². The molecule has 0 bridgehead atoms. The molecule has 0 aliphatic rings. The van der Waals surface area contributed by atoms with E-state index in [1.165, 1.54) is 13.3 Å². The maximum absolute atomic E-state index is 10.9. The molecule has 7 heteroatoms. The zero-order chi connectivity index (χ0) is 12.1. The molecule has 0 aliphatic carbocycles. The van der Waals surface area contributed by atoms with Gasteiger partial charge >= 0.3 is 11.9 Å². The lowest BCUT2D eigenvalue weighted by Crippen LogP contribution is -2.46. The second-order valence-electron chi connectivity index (χ2n) is 3.38. The van der Waals surface area contributed by atoms with E-state index in [-0.39, 0.29) is 6.42 Å². The molecule has 0 saturated heterocycles. The van der Waals surface area contributed by atoms with Crippen LogP contribution in [-0.4, -0.2) is 44.2 Å². The van der Waals surface area contributed by atoms with Crippen molar-refractivity contribution in [2.45, 2.75) is 25.4 Å². The maximum atomic E-state index is 10.9. The summed E-state index contributed by atoms with van der Waals surface area (Å²) in [5, 5.41) is 20.1. The summed E-state index contributed by atoms with van der Waals surface area (Å²) >= 11 is 0. The Bertz CT molecular complexity index is 363. The zero-order valence-electron chi connectivity index (χ0n) is 8.67. The van der Waals surface area contributed by atoms with Crippen LogP contribution in [0.5, 0.6) is 0 Å². The third-order valence-corrected chi connectivity index (χ3v) is 2.09. The van der Waals surface area contributed by atoms with Crippen molar-refractivity contribution in [2.24, 2.45) is 0 Å². The van der Waals surface area contributed by atoms with Gasteiger partial charge in [0, 0.05) is 12.6 Å². The summed E-state index contributed by atoms with van der Waals surface area (Å²) in [6.45, 7) is 1.39. The monoisotopic (exact) mass is 227 g/mol. The fraction of sp³-hybridized carbons (Fsp3) is 0.444. The lowest BCUT2D eigenvalue weighted by atomic mass is 10.1. The third kappa shape index (κ3) is 3.35. The number of nitrogens with zero attached hydrogens (tertiary/aromatic N) is 1. The number of nitrogens with one attached hydrogen (secondary N) is 2. The summed E-state index contributed by atoms with van der Waals surface area (Å²) < 4.78 is 0. The number of carboxylic acid groups (broad SMARTS) is 2. The molecule has 0 aromatic carbocycles. The zero-order valence-corrected chi connectivity index (χ0v) is 8.67. The standard InChI is InChI=1S/C9H13N3O4/c1-5(8(13)14)12-7(9(15)16)2-6-3-10-4-11-6/h3-5,7,12H,2H2,1H3,(H,10,11)(H,13,14)(H,15,16)/t5?,7-/m1/s1. The minimum atomic E-state index is -1.10. The number of hydrogen-bond acceptors (Lipinski definition) is 4.